The number of hydrogen-bond acceptors (Lipinski definition) is 5. The maximum Gasteiger partial charge on any atom is 0.232 e. The maximum absolute atomic E-state index is 12.4. The molecule has 0 spiro atoms. The number of nitrogens with zero attached hydrogens (tertiary/aromatic N) is 2. The molecular formula is C19H19N3O3S. The van der Waals surface area contributed by atoms with Crippen LogP contribution >= 0.6 is 11.8 Å². The average molecular weight is 369 g/mol. The predicted molar refractivity (Wildman–Crippen MR) is 101 cm³/mol. The summed E-state index contributed by atoms with van der Waals surface area (Å²) in [5.74, 6) is 1.82. The topological polar surface area (TPSA) is 67.5 Å². The number of benzene rings is 2. The molecule has 1 aliphatic heterocycles. The van der Waals surface area contributed by atoms with Gasteiger partial charge in [0.25, 0.3) is 0 Å². The lowest BCUT2D eigenvalue weighted by Gasteiger charge is -2.29. The molecule has 2 aromatic carbocycles. The van der Waals surface area contributed by atoms with E-state index in [4.69, 9.17) is 9.47 Å². The van der Waals surface area contributed by atoms with Crippen LogP contribution in [0.25, 0.3) is 11.0 Å². The molecule has 6 nitrogen and oxygen atoms in total. The number of amides is 1. The van der Waals surface area contributed by atoms with E-state index < -0.39 is 0 Å². The fourth-order valence-electron chi connectivity index (χ4n) is 2.80. The van der Waals surface area contributed by atoms with Gasteiger partial charge in [-0.25, -0.2) is 4.98 Å². The van der Waals surface area contributed by atoms with Crippen LogP contribution in [-0.4, -0.2) is 52.8 Å². The Balaban J connectivity index is 1.30. The summed E-state index contributed by atoms with van der Waals surface area (Å²) in [5, 5.41) is 0.749. The molecule has 4 rings (SSSR count). The highest BCUT2D eigenvalue weighted by Gasteiger charge is 2.23. The highest BCUT2D eigenvalue weighted by Crippen LogP contribution is 2.31. The fraction of sp³-hybridized carbons (Fsp3) is 0.263. The van der Waals surface area contributed by atoms with Gasteiger partial charge in [-0.2, -0.15) is 0 Å². The van der Waals surface area contributed by atoms with Crippen LogP contribution in [0.1, 0.15) is 0 Å². The van der Waals surface area contributed by atoms with Crippen molar-refractivity contribution in [1.29, 1.82) is 0 Å². The van der Waals surface area contributed by atoms with Crippen LogP contribution in [0.15, 0.2) is 53.7 Å². The van der Waals surface area contributed by atoms with Crippen molar-refractivity contribution in [3.63, 3.8) is 0 Å². The van der Waals surface area contributed by atoms with E-state index in [-0.39, 0.29) is 12.0 Å². The molecule has 0 aliphatic carbocycles. The minimum Gasteiger partial charge on any atom is -0.486 e. The number of H-pyrrole nitrogens is 1. The number of nitrogens with one attached hydrogen (secondary N) is 1. The third-order valence-corrected chi connectivity index (χ3v) is 5.03. The molecule has 134 valence electrons. The zero-order valence-corrected chi connectivity index (χ0v) is 15.2. The lowest BCUT2D eigenvalue weighted by molar-refractivity contribution is -0.128. The Morgan fingerprint density at radius 3 is 2.85 bits per heavy atom. The second-order valence-electron chi connectivity index (χ2n) is 6.12. The Kier molecular flexibility index (Phi) is 4.71. The fourth-order valence-corrected chi connectivity index (χ4v) is 3.62. The number of rotatable bonds is 5. The molecule has 1 N–H and O–H groups in total. The smallest absolute Gasteiger partial charge is 0.232 e. The molecule has 0 radical (unpaired) electrons. The Labute approximate surface area is 155 Å². The molecule has 0 fully saturated rings. The number of carbonyl (C=O) groups is 1. The summed E-state index contributed by atoms with van der Waals surface area (Å²) in [6.45, 7) is 0.916. The Morgan fingerprint density at radius 2 is 2.00 bits per heavy atom. The molecular weight excluding hydrogens is 350 g/mol. The average Bonchev–Trinajstić information content (AvgIpc) is 3.09. The Hall–Kier alpha value is -2.67. The lowest BCUT2D eigenvalue weighted by atomic mass is 10.2. The monoisotopic (exact) mass is 369 g/mol. The zero-order valence-electron chi connectivity index (χ0n) is 14.3. The van der Waals surface area contributed by atoms with Crippen LogP contribution in [0.2, 0.25) is 0 Å². The highest BCUT2D eigenvalue weighted by atomic mass is 32.2. The van der Waals surface area contributed by atoms with Gasteiger partial charge in [0.1, 0.15) is 6.61 Å². The van der Waals surface area contributed by atoms with Crippen LogP contribution in [-0.2, 0) is 4.79 Å². The van der Waals surface area contributed by atoms with E-state index in [2.05, 4.69) is 9.97 Å². The van der Waals surface area contributed by atoms with Gasteiger partial charge in [0.2, 0.25) is 5.91 Å². The van der Waals surface area contributed by atoms with Crippen molar-refractivity contribution in [2.75, 3.05) is 26.0 Å². The summed E-state index contributed by atoms with van der Waals surface area (Å²) in [4.78, 5) is 21.8. The van der Waals surface area contributed by atoms with Crippen molar-refractivity contribution < 1.29 is 14.3 Å². The number of ether oxygens (including phenoxy) is 2. The van der Waals surface area contributed by atoms with Gasteiger partial charge in [-0.1, -0.05) is 36.0 Å². The van der Waals surface area contributed by atoms with Crippen molar-refractivity contribution in [3.8, 4) is 11.5 Å². The van der Waals surface area contributed by atoms with E-state index in [1.807, 2.05) is 48.5 Å². The lowest BCUT2D eigenvalue weighted by Crippen LogP contribution is -2.42. The molecule has 2 heterocycles. The maximum atomic E-state index is 12.4. The van der Waals surface area contributed by atoms with Crippen molar-refractivity contribution in [2.24, 2.45) is 0 Å². The van der Waals surface area contributed by atoms with Gasteiger partial charge in [0.15, 0.2) is 22.8 Å². The van der Waals surface area contributed by atoms with Crippen LogP contribution in [0.4, 0.5) is 0 Å². The molecule has 1 unspecified atom stereocenters. The van der Waals surface area contributed by atoms with E-state index in [0.29, 0.717) is 18.9 Å². The SMILES string of the molecule is CN(CC1COc2ccccc2O1)C(=O)CSc1nc2ccccc2[nH]1. The zero-order chi connectivity index (χ0) is 17.9. The minimum atomic E-state index is -0.171. The molecule has 1 aromatic heterocycles. The number of likely N-dealkylation sites (N-methyl/N-ethyl adjacent to an activating group) is 1. The minimum absolute atomic E-state index is 0.0258. The van der Waals surface area contributed by atoms with E-state index in [1.54, 1.807) is 11.9 Å². The van der Waals surface area contributed by atoms with Crippen molar-refractivity contribution in [3.05, 3.63) is 48.5 Å². The second-order valence-corrected chi connectivity index (χ2v) is 7.08. The quantitative estimate of drug-likeness (QED) is 0.701. The van der Waals surface area contributed by atoms with Gasteiger partial charge < -0.3 is 19.4 Å². The molecule has 1 amide bonds. The first-order chi connectivity index (χ1) is 12.7. The van der Waals surface area contributed by atoms with Gasteiger partial charge in [-0.15, -0.1) is 0 Å². The van der Waals surface area contributed by atoms with Crippen LogP contribution in [0, 0.1) is 0 Å². The first kappa shape index (κ1) is 16.8. The van der Waals surface area contributed by atoms with E-state index >= 15 is 0 Å². The van der Waals surface area contributed by atoms with Gasteiger partial charge in [0.05, 0.1) is 23.3 Å². The van der Waals surface area contributed by atoms with Crippen LogP contribution in [0.3, 0.4) is 0 Å². The van der Waals surface area contributed by atoms with Crippen molar-refractivity contribution in [2.45, 2.75) is 11.3 Å². The number of fused-ring (bicyclic) bond motifs is 2. The van der Waals surface area contributed by atoms with E-state index in [9.17, 15) is 4.79 Å². The third kappa shape index (κ3) is 3.62. The van der Waals surface area contributed by atoms with E-state index in [0.717, 1.165) is 27.7 Å². The molecule has 1 atom stereocenters. The van der Waals surface area contributed by atoms with E-state index in [1.165, 1.54) is 11.8 Å². The normalized spacial score (nSPS) is 15.8. The summed E-state index contributed by atoms with van der Waals surface area (Å²) in [6, 6.07) is 15.4. The molecule has 0 bridgehead atoms. The van der Waals surface area contributed by atoms with Gasteiger partial charge in [-0.05, 0) is 24.3 Å². The first-order valence-corrected chi connectivity index (χ1v) is 9.37. The molecule has 1 aliphatic rings. The largest absolute Gasteiger partial charge is 0.486 e. The summed E-state index contributed by atoms with van der Waals surface area (Å²) < 4.78 is 11.6. The molecule has 7 heteroatoms. The van der Waals surface area contributed by atoms with Crippen LogP contribution < -0.4 is 9.47 Å². The first-order valence-electron chi connectivity index (χ1n) is 8.39. The molecule has 26 heavy (non-hydrogen) atoms. The second kappa shape index (κ2) is 7.29. The standard InChI is InChI=1S/C19H19N3O3S/c1-22(10-13-11-24-16-8-4-5-9-17(16)25-13)18(23)12-26-19-20-14-6-2-3-7-15(14)21-19/h2-9,13H,10-12H2,1H3,(H,20,21). The number of thioether (sulfide) groups is 1. The van der Waals surface area contributed by atoms with Crippen molar-refractivity contribution >= 4 is 28.7 Å². The van der Waals surface area contributed by atoms with Gasteiger partial charge in [-0.3, -0.25) is 4.79 Å². The number of aromatic nitrogens is 2. The molecule has 3 aromatic rings. The van der Waals surface area contributed by atoms with Gasteiger partial charge in [0, 0.05) is 7.05 Å². The number of imidazole rings is 1. The summed E-state index contributed by atoms with van der Waals surface area (Å²) in [6.07, 6.45) is -0.171. The molecule has 0 saturated heterocycles. The van der Waals surface area contributed by atoms with Crippen LogP contribution in [0.5, 0.6) is 11.5 Å². The Bertz CT molecular complexity index is 894. The summed E-state index contributed by atoms with van der Waals surface area (Å²) in [5.41, 5.74) is 1.88. The van der Waals surface area contributed by atoms with Crippen molar-refractivity contribution in [1.82, 2.24) is 14.9 Å². The number of hydrogen-bond donors (Lipinski definition) is 1. The number of aromatic amines is 1. The summed E-state index contributed by atoms with van der Waals surface area (Å²) in [7, 11) is 1.78. The summed E-state index contributed by atoms with van der Waals surface area (Å²) >= 11 is 1.40. The third-order valence-electron chi connectivity index (χ3n) is 4.17. The Morgan fingerprint density at radius 1 is 1.23 bits per heavy atom. The highest BCUT2D eigenvalue weighted by molar-refractivity contribution is 7.99. The number of para-hydroxylation sites is 4. The van der Waals surface area contributed by atoms with Gasteiger partial charge >= 0.3 is 0 Å². The molecule has 0 saturated carbocycles. The predicted octanol–water partition coefficient (Wildman–Crippen LogP) is 2.95. The number of carbonyl (C=O) groups excluding carboxylic acids is 1.